The number of hydrogen-bond acceptors (Lipinski definition) is 16. The first kappa shape index (κ1) is 52.6. The number of carbonyl (C=O) groups is 1. The Hall–Kier alpha value is -1.03. The van der Waals surface area contributed by atoms with Crippen molar-refractivity contribution >= 4 is 13.1 Å². The molecule has 61 heavy (non-hydrogen) atoms. The summed E-state index contributed by atoms with van der Waals surface area (Å²) in [5, 5.41) is 79.7. The van der Waals surface area contributed by atoms with Gasteiger partial charge in [0.1, 0.15) is 30.0 Å². The minimum Gasteiger partial charge on any atom is -0.459 e. The van der Waals surface area contributed by atoms with Gasteiger partial charge in [-0.15, -0.1) is 0 Å². The Kier molecular flexibility index (Phi) is 18.6. The van der Waals surface area contributed by atoms with Crippen molar-refractivity contribution < 1.29 is 68.8 Å². The Labute approximate surface area is 365 Å². The van der Waals surface area contributed by atoms with E-state index < -0.39 is 109 Å². The van der Waals surface area contributed by atoms with E-state index in [1.807, 2.05) is 39.8 Å². The first-order chi connectivity index (χ1) is 28.3. The molecule has 16 nitrogen and oxygen atoms in total. The maximum Gasteiger partial charge on any atom is 0.455 e. The summed E-state index contributed by atoms with van der Waals surface area (Å²) in [6.07, 6.45) is -5.51. The third kappa shape index (κ3) is 12.3. The third-order valence-electron chi connectivity index (χ3n) is 15.0. The van der Waals surface area contributed by atoms with Crippen molar-refractivity contribution in [1.29, 1.82) is 0 Å². The van der Waals surface area contributed by atoms with Crippen LogP contribution in [0.15, 0.2) is 0 Å². The Morgan fingerprint density at radius 2 is 1.57 bits per heavy atom. The highest BCUT2D eigenvalue weighted by Gasteiger charge is 2.53. The topological polar surface area (TPSA) is 221 Å². The van der Waals surface area contributed by atoms with E-state index in [1.54, 1.807) is 41.5 Å². The van der Waals surface area contributed by atoms with Crippen LogP contribution in [0, 0.1) is 23.7 Å². The quantitative estimate of drug-likeness (QED) is 0.124. The molecular weight excluding hydrogens is 791 g/mol. The molecule has 4 aliphatic rings. The summed E-state index contributed by atoms with van der Waals surface area (Å²) in [5.41, 5.74) is -4.51. The first-order valence-corrected chi connectivity index (χ1v) is 22.9. The number of methoxy groups -OCH3 is 1. The van der Waals surface area contributed by atoms with Gasteiger partial charge in [-0.25, -0.2) is 0 Å². The predicted octanol–water partition coefficient (Wildman–Crippen LogP) is 2.30. The van der Waals surface area contributed by atoms with E-state index in [9.17, 15) is 40.4 Å². The lowest BCUT2D eigenvalue weighted by Gasteiger charge is -2.49. The van der Waals surface area contributed by atoms with Gasteiger partial charge in [0.2, 0.25) is 0 Å². The van der Waals surface area contributed by atoms with E-state index in [-0.39, 0.29) is 43.0 Å². The molecule has 0 aromatic rings. The van der Waals surface area contributed by atoms with Crippen LogP contribution in [0.5, 0.6) is 0 Å². The molecule has 2 unspecified atom stereocenters. The number of aliphatic hydroxyl groups is 5. The van der Waals surface area contributed by atoms with Crippen LogP contribution in [0.25, 0.3) is 0 Å². The van der Waals surface area contributed by atoms with Crippen LogP contribution in [-0.4, -0.2) is 183 Å². The number of esters is 1. The second kappa shape index (κ2) is 21.5. The van der Waals surface area contributed by atoms with Gasteiger partial charge in [-0.05, 0) is 106 Å². The van der Waals surface area contributed by atoms with Crippen molar-refractivity contribution in [3.05, 3.63) is 0 Å². The van der Waals surface area contributed by atoms with Gasteiger partial charge in [0.25, 0.3) is 0 Å². The van der Waals surface area contributed by atoms with E-state index >= 15 is 0 Å². The largest absolute Gasteiger partial charge is 0.459 e. The Morgan fingerprint density at radius 3 is 2.18 bits per heavy atom. The number of rotatable bonds is 10. The van der Waals surface area contributed by atoms with E-state index in [4.69, 9.17) is 28.4 Å². The first-order valence-electron chi connectivity index (χ1n) is 22.9. The molecule has 0 amide bonds. The second-order valence-corrected chi connectivity index (χ2v) is 20.3. The van der Waals surface area contributed by atoms with Crippen molar-refractivity contribution in [3.8, 4) is 0 Å². The van der Waals surface area contributed by atoms with Crippen molar-refractivity contribution in [1.82, 2.24) is 9.80 Å². The molecule has 4 rings (SSSR count). The lowest BCUT2D eigenvalue weighted by molar-refractivity contribution is -0.318. The van der Waals surface area contributed by atoms with E-state index in [0.29, 0.717) is 19.5 Å². The van der Waals surface area contributed by atoms with Gasteiger partial charge in [-0.3, -0.25) is 4.79 Å². The lowest BCUT2D eigenvalue weighted by Crippen LogP contribution is -2.61. The van der Waals surface area contributed by atoms with Crippen LogP contribution in [0.1, 0.15) is 121 Å². The Morgan fingerprint density at radius 1 is 0.934 bits per heavy atom. The lowest BCUT2D eigenvalue weighted by atomic mass is 9.59. The molecule has 0 radical (unpaired) electrons. The maximum absolute atomic E-state index is 14.4. The smallest absolute Gasteiger partial charge is 0.455 e. The predicted molar refractivity (Wildman–Crippen MR) is 229 cm³/mol. The third-order valence-corrected chi connectivity index (χ3v) is 15.0. The van der Waals surface area contributed by atoms with Gasteiger partial charge in [-0.1, -0.05) is 40.0 Å². The van der Waals surface area contributed by atoms with Crippen molar-refractivity contribution in [2.24, 2.45) is 23.7 Å². The number of likely N-dealkylation sites (N-methyl/N-ethyl adjacent to an activating group) is 2. The minimum atomic E-state index is -1.83. The van der Waals surface area contributed by atoms with Crippen LogP contribution in [-0.2, 0) is 33.2 Å². The highest BCUT2D eigenvalue weighted by Crippen LogP contribution is 2.41. The van der Waals surface area contributed by atoms with E-state index in [2.05, 4.69) is 4.90 Å². The molecule has 7 N–H and O–H groups in total. The minimum absolute atomic E-state index is 0.0254. The molecule has 4 fully saturated rings. The fraction of sp³-hybridized carbons (Fsp3) is 0.977. The molecule has 3 aliphatic heterocycles. The molecule has 17 heteroatoms. The van der Waals surface area contributed by atoms with Gasteiger partial charge < -0.3 is 73.8 Å². The summed E-state index contributed by atoms with van der Waals surface area (Å²) < 4.78 is 38.1. The summed E-state index contributed by atoms with van der Waals surface area (Å²) in [6.45, 7) is 18.5. The zero-order chi connectivity index (χ0) is 45.9. The normalized spacial score (nSPS) is 48.0. The van der Waals surface area contributed by atoms with Crippen LogP contribution in [0.3, 0.4) is 0 Å². The number of cyclic esters (lactones) is 1. The molecule has 356 valence electrons. The number of carbonyl (C=O) groups excluding carboxylic acids is 1. The molecule has 0 bridgehead atoms. The molecule has 0 spiro atoms. The fourth-order valence-corrected chi connectivity index (χ4v) is 11.0. The van der Waals surface area contributed by atoms with Crippen molar-refractivity contribution in [3.63, 3.8) is 0 Å². The molecule has 0 aromatic carbocycles. The molecule has 20 atom stereocenters. The van der Waals surface area contributed by atoms with Gasteiger partial charge in [0.05, 0.1) is 41.5 Å². The van der Waals surface area contributed by atoms with Crippen LogP contribution >= 0.6 is 0 Å². The summed E-state index contributed by atoms with van der Waals surface area (Å²) >= 11 is 0. The standard InChI is InChI=1S/C44H83BN2O14/c1-14-33-44(10,53)37(49)28(6)46(11)22-24(2)20-42(8,52)39(26(4)36(27(5)40(51)59-33)60-34-21-43(9,56-13)38(50)29(7)58-34)61-41-35(48)32(19-25(3)57-41)47(12)23-30-17-15-16-18-31(30)45(54)55/h24-39,41,48-50,52-55H,14-23H2,1-13H3/t24-,25-,26+,27-,28-,29+,30?,31?,32+,33-,34+,35-,36+,37-,38+,39-,41+,42-,43-,44-/m1/s1. The van der Waals surface area contributed by atoms with E-state index in [0.717, 1.165) is 25.7 Å². The number of hydrogen-bond donors (Lipinski definition) is 7. The van der Waals surface area contributed by atoms with E-state index in [1.165, 1.54) is 14.0 Å². The maximum atomic E-state index is 14.4. The molecule has 0 aromatic heterocycles. The summed E-state index contributed by atoms with van der Waals surface area (Å²) in [6, 6.07) is -0.994. The van der Waals surface area contributed by atoms with Gasteiger partial charge in [-0.2, -0.15) is 0 Å². The highest BCUT2D eigenvalue weighted by molar-refractivity contribution is 6.43. The van der Waals surface area contributed by atoms with Crippen LogP contribution < -0.4 is 0 Å². The average molecular weight is 875 g/mol. The fourth-order valence-electron chi connectivity index (χ4n) is 11.0. The SMILES string of the molecule is CC[C@H]1OC(=O)[C@H](C)[C@@H](O[C@H]2C[C@@](C)(OC)[C@@H](O)[C@H](C)O2)[C@H](C)[C@@H](O[C@@H]2O[C@H](C)C[C@H](N(C)CC3CCCCC3B(O)O)[C@H]2O)[C@](C)(O)C[C@@H](C)CN(C)[C@H](C)[C@@H](O)[C@]1(C)O. The van der Waals surface area contributed by atoms with Gasteiger partial charge >= 0.3 is 13.1 Å². The number of ether oxygens (including phenoxy) is 6. The van der Waals surface area contributed by atoms with Crippen molar-refractivity contribution in [2.75, 3.05) is 34.3 Å². The zero-order valence-electron chi connectivity index (χ0n) is 39.3. The van der Waals surface area contributed by atoms with Crippen LogP contribution in [0.4, 0.5) is 0 Å². The molecule has 1 aliphatic carbocycles. The molecule has 3 heterocycles. The van der Waals surface area contributed by atoms with Crippen LogP contribution in [0.2, 0.25) is 5.82 Å². The Balaban J connectivity index is 1.77. The molecular formula is C44H83BN2O14. The van der Waals surface area contributed by atoms with Gasteiger partial charge in [0.15, 0.2) is 12.6 Å². The Bertz CT molecular complexity index is 1380. The second-order valence-electron chi connectivity index (χ2n) is 20.3. The summed E-state index contributed by atoms with van der Waals surface area (Å²) in [5.74, 6) is -3.00. The molecule has 3 saturated heterocycles. The highest BCUT2D eigenvalue weighted by atomic mass is 16.7. The number of aliphatic hydroxyl groups excluding tert-OH is 3. The average Bonchev–Trinajstić information content (AvgIpc) is 3.19. The van der Waals surface area contributed by atoms with Crippen molar-refractivity contribution in [2.45, 2.75) is 217 Å². The van der Waals surface area contributed by atoms with Gasteiger partial charge in [0, 0.05) is 44.6 Å². The number of nitrogens with zero attached hydrogens (tertiary/aromatic N) is 2. The summed E-state index contributed by atoms with van der Waals surface area (Å²) in [4.78, 5) is 18.4. The summed E-state index contributed by atoms with van der Waals surface area (Å²) in [7, 11) is 3.84. The zero-order valence-corrected chi connectivity index (χ0v) is 39.3. The molecule has 1 saturated carbocycles. The monoisotopic (exact) mass is 875 g/mol.